The van der Waals surface area contributed by atoms with E-state index in [2.05, 4.69) is 5.32 Å². The predicted octanol–water partition coefficient (Wildman–Crippen LogP) is 3.55. The van der Waals surface area contributed by atoms with Gasteiger partial charge in [0.15, 0.2) is 0 Å². The molecule has 1 fully saturated rings. The summed E-state index contributed by atoms with van der Waals surface area (Å²) in [6.45, 7) is 5.51. The molecule has 1 saturated heterocycles. The summed E-state index contributed by atoms with van der Waals surface area (Å²) in [7, 11) is -3.61. The van der Waals surface area contributed by atoms with Gasteiger partial charge in [0.2, 0.25) is 10.0 Å². The summed E-state index contributed by atoms with van der Waals surface area (Å²) in [6, 6.07) is 10.2. The molecule has 2 aromatic rings. The third-order valence-electron chi connectivity index (χ3n) is 4.87. The Morgan fingerprint density at radius 2 is 1.86 bits per heavy atom. The number of nitrogens with zero attached hydrogens (tertiary/aromatic N) is 1. The predicted molar refractivity (Wildman–Crippen MR) is 113 cm³/mol. The molecule has 8 heteroatoms. The van der Waals surface area contributed by atoms with Gasteiger partial charge in [-0.2, -0.15) is 4.31 Å². The van der Waals surface area contributed by atoms with E-state index in [1.54, 1.807) is 0 Å². The maximum absolute atomic E-state index is 12.7. The fourth-order valence-electron chi connectivity index (χ4n) is 3.20. The smallest absolute Gasteiger partial charge is 0.252 e. The minimum Gasteiger partial charge on any atom is -0.491 e. The molecule has 2 aromatic carbocycles. The van der Waals surface area contributed by atoms with E-state index >= 15 is 0 Å². The van der Waals surface area contributed by atoms with E-state index in [4.69, 9.17) is 16.3 Å². The Hall–Kier alpha value is -2.09. The Morgan fingerprint density at radius 1 is 1.14 bits per heavy atom. The lowest BCUT2D eigenvalue weighted by Crippen LogP contribution is -2.30. The number of amides is 1. The first kappa shape index (κ1) is 21.6. The number of ether oxygens (including phenoxy) is 1. The summed E-state index contributed by atoms with van der Waals surface area (Å²) < 4.78 is 32.6. The van der Waals surface area contributed by atoms with E-state index in [0.29, 0.717) is 19.7 Å². The molecule has 0 atom stereocenters. The van der Waals surface area contributed by atoms with E-state index in [-0.39, 0.29) is 22.0 Å². The van der Waals surface area contributed by atoms with Crippen LogP contribution in [-0.4, -0.2) is 44.9 Å². The number of rotatable bonds is 7. The first-order valence-electron chi connectivity index (χ1n) is 9.57. The fourth-order valence-corrected chi connectivity index (χ4v) is 4.95. The van der Waals surface area contributed by atoms with Crippen LogP contribution < -0.4 is 10.1 Å². The summed E-state index contributed by atoms with van der Waals surface area (Å²) in [5.41, 5.74) is 2.25. The first-order valence-corrected chi connectivity index (χ1v) is 11.4. The molecule has 0 unspecified atom stereocenters. The second-order valence-electron chi connectivity index (χ2n) is 7.13. The van der Waals surface area contributed by atoms with Crippen molar-refractivity contribution in [3.05, 3.63) is 58.1 Å². The molecule has 156 valence electrons. The normalized spacial score (nSPS) is 14.7. The molecule has 0 aromatic heterocycles. The summed E-state index contributed by atoms with van der Waals surface area (Å²) in [4.78, 5) is 12.6. The molecule has 1 aliphatic rings. The zero-order valence-corrected chi connectivity index (χ0v) is 18.1. The molecule has 1 aliphatic heterocycles. The Balaban J connectivity index is 1.64. The third-order valence-corrected chi connectivity index (χ3v) is 7.10. The van der Waals surface area contributed by atoms with Crippen LogP contribution in [0.4, 0.5) is 0 Å². The van der Waals surface area contributed by atoms with E-state index in [1.807, 2.05) is 32.0 Å². The SMILES string of the molecule is Cc1ccc(C)c(OCCNC(=O)c2cc(S(=O)(=O)N3CCCC3)ccc2Cl)c1. The number of sulfonamides is 1. The second-order valence-corrected chi connectivity index (χ2v) is 9.47. The van der Waals surface area contributed by atoms with Gasteiger partial charge in [-0.3, -0.25) is 4.79 Å². The fraction of sp³-hybridized carbons (Fsp3) is 0.381. The first-order chi connectivity index (χ1) is 13.8. The van der Waals surface area contributed by atoms with Crippen molar-refractivity contribution in [2.75, 3.05) is 26.2 Å². The van der Waals surface area contributed by atoms with Crippen molar-refractivity contribution >= 4 is 27.5 Å². The Morgan fingerprint density at radius 3 is 2.59 bits per heavy atom. The number of carbonyl (C=O) groups excluding carboxylic acids is 1. The average molecular weight is 437 g/mol. The molecule has 0 saturated carbocycles. The largest absolute Gasteiger partial charge is 0.491 e. The molecule has 0 radical (unpaired) electrons. The topological polar surface area (TPSA) is 75.7 Å². The Bertz CT molecular complexity index is 1000. The highest BCUT2D eigenvalue weighted by atomic mass is 35.5. The molecular formula is C21H25ClN2O4S. The van der Waals surface area contributed by atoms with Gasteiger partial charge in [0.25, 0.3) is 5.91 Å². The summed E-state index contributed by atoms with van der Waals surface area (Å²) >= 11 is 6.15. The highest BCUT2D eigenvalue weighted by molar-refractivity contribution is 7.89. The van der Waals surface area contributed by atoms with E-state index in [9.17, 15) is 13.2 Å². The number of hydrogen-bond donors (Lipinski definition) is 1. The Labute approximate surface area is 176 Å². The van der Waals surface area contributed by atoms with E-state index < -0.39 is 15.9 Å². The van der Waals surface area contributed by atoms with Crippen molar-refractivity contribution in [3.63, 3.8) is 0 Å². The zero-order valence-electron chi connectivity index (χ0n) is 16.6. The molecule has 1 heterocycles. The van der Waals surface area contributed by atoms with Crippen LogP contribution in [0.1, 0.15) is 34.3 Å². The van der Waals surface area contributed by atoms with Crippen LogP contribution in [0.3, 0.4) is 0 Å². The molecule has 0 spiro atoms. The van der Waals surface area contributed by atoms with Gasteiger partial charge in [-0.05, 0) is 62.1 Å². The van der Waals surface area contributed by atoms with E-state index in [1.165, 1.54) is 22.5 Å². The maximum Gasteiger partial charge on any atom is 0.252 e. The van der Waals surface area contributed by atoms with Gasteiger partial charge in [-0.25, -0.2) is 8.42 Å². The Kier molecular flexibility index (Phi) is 6.82. The number of nitrogens with one attached hydrogen (secondary N) is 1. The molecule has 3 rings (SSSR count). The number of benzene rings is 2. The number of aryl methyl sites for hydroxylation is 2. The molecule has 6 nitrogen and oxygen atoms in total. The van der Waals surface area contributed by atoms with Crippen molar-refractivity contribution < 1.29 is 17.9 Å². The van der Waals surface area contributed by atoms with Gasteiger partial charge >= 0.3 is 0 Å². The minimum atomic E-state index is -3.61. The van der Waals surface area contributed by atoms with Crippen LogP contribution in [0.2, 0.25) is 5.02 Å². The molecule has 0 aliphatic carbocycles. The van der Waals surface area contributed by atoms with Crippen LogP contribution in [0, 0.1) is 13.8 Å². The van der Waals surface area contributed by atoms with Gasteiger partial charge in [-0.1, -0.05) is 23.7 Å². The summed E-state index contributed by atoms with van der Waals surface area (Å²) in [6.07, 6.45) is 1.70. The third kappa shape index (κ3) is 5.10. The quantitative estimate of drug-likeness (QED) is 0.673. The van der Waals surface area contributed by atoms with Gasteiger partial charge < -0.3 is 10.1 Å². The standard InChI is InChI=1S/C21H25ClN2O4S/c1-15-5-6-16(2)20(13-15)28-12-9-23-21(25)18-14-17(7-8-19(18)22)29(26,27)24-10-3-4-11-24/h5-8,13-14H,3-4,9-12H2,1-2H3,(H,23,25). The van der Waals surface area contributed by atoms with Gasteiger partial charge in [0, 0.05) is 13.1 Å². The van der Waals surface area contributed by atoms with Crippen molar-refractivity contribution in [1.29, 1.82) is 0 Å². The molecule has 0 bridgehead atoms. The molecule has 1 amide bonds. The van der Waals surface area contributed by atoms with Crippen LogP contribution in [0.5, 0.6) is 5.75 Å². The monoisotopic (exact) mass is 436 g/mol. The lowest BCUT2D eigenvalue weighted by molar-refractivity contribution is 0.0947. The summed E-state index contributed by atoms with van der Waals surface area (Å²) in [5.74, 6) is 0.342. The number of carbonyl (C=O) groups is 1. The highest BCUT2D eigenvalue weighted by Crippen LogP contribution is 2.25. The molecular weight excluding hydrogens is 412 g/mol. The van der Waals surface area contributed by atoms with Gasteiger partial charge in [0.05, 0.1) is 22.0 Å². The van der Waals surface area contributed by atoms with Crippen molar-refractivity contribution in [2.45, 2.75) is 31.6 Å². The number of halogens is 1. The summed E-state index contributed by atoms with van der Waals surface area (Å²) in [5, 5.41) is 2.94. The van der Waals surface area contributed by atoms with E-state index in [0.717, 1.165) is 29.7 Å². The van der Waals surface area contributed by atoms with Gasteiger partial charge in [0.1, 0.15) is 12.4 Å². The molecule has 1 N–H and O–H groups in total. The maximum atomic E-state index is 12.7. The van der Waals surface area contributed by atoms with Crippen LogP contribution >= 0.6 is 11.6 Å². The van der Waals surface area contributed by atoms with Crippen molar-refractivity contribution in [1.82, 2.24) is 9.62 Å². The zero-order chi connectivity index (χ0) is 21.0. The van der Waals surface area contributed by atoms with Crippen LogP contribution in [0.15, 0.2) is 41.3 Å². The molecule has 29 heavy (non-hydrogen) atoms. The van der Waals surface area contributed by atoms with Crippen molar-refractivity contribution in [3.8, 4) is 5.75 Å². The van der Waals surface area contributed by atoms with Crippen molar-refractivity contribution in [2.24, 2.45) is 0 Å². The lowest BCUT2D eigenvalue weighted by atomic mass is 10.1. The second kappa shape index (κ2) is 9.15. The minimum absolute atomic E-state index is 0.0839. The number of hydrogen-bond acceptors (Lipinski definition) is 4. The lowest BCUT2D eigenvalue weighted by Gasteiger charge is -2.16. The van der Waals surface area contributed by atoms with Crippen LogP contribution in [-0.2, 0) is 10.0 Å². The highest BCUT2D eigenvalue weighted by Gasteiger charge is 2.28. The van der Waals surface area contributed by atoms with Crippen LogP contribution in [0.25, 0.3) is 0 Å². The average Bonchev–Trinajstić information content (AvgIpc) is 3.23. The van der Waals surface area contributed by atoms with Gasteiger partial charge in [-0.15, -0.1) is 0 Å².